The van der Waals surface area contributed by atoms with Crippen LogP contribution >= 0.6 is 22.9 Å². The third kappa shape index (κ3) is 4.68. The van der Waals surface area contributed by atoms with Crippen LogP contribution in [0.2, 0.25) is 4.47 Å². The van der Waals surface area contributed by atoms with Crippen molar-refractivity contribution < 1.29 is 9.13 Å². The minimum absolute atomic E-state index is 0.260. The van der Waals surface area contributed by atoms with Crippen molar-refractivity contribution in [3.8, 4) is 5.75 Å². The van der Waals surface area contributed by atoms with E-state index in [1.165, 1.54) is 23.5 Å². The zero-order chi connectivity index (χ0) is 16.1. The maximum atomic E-state index is 13.1. The number of halogens is 2. The number of rotatable bonds is 6. The summed E-state index contributed by atoms with van der Waals surface area (Å²) >= 11 is 7.26. The van der Waals surface area contributed by atoms with Crippen molar-refractivity contribution in [2.24, 2.45) is 0 Å². The molecule has 0 aliphatic carbocycles. The van der Waals surface area contributed by atoms with E-state index in [2.05, 4.69) is 10.3 Å². The lowest BCUT2D eigenvalue weighted by molar-refractivity contribution is 0.305. The predicted octanol–water partition coefficient (Wildman–Crippen LogP) is 5.13. The molecule has 0 saturated heterocycles. The Morgan fingerprint density at radius 2 is 2.04 bits per heavy atom. The number of nitrogens with one attached hydrogen (secondary N) is 1. The predicted molar refractivity (Wildman–Crippen MR) is 91.6 cm³/mol. The Morgan fingerprint density at radius 1 is 1.17 bits per heavy atom. The molecule has 0 aliphatic rings. The zero-order valence-corrected chi connectivity index (χ0v) is 13.7. The highest BCUT2D eigenvalue weighted by atomic mass is 35.5. The molecule has 0 amide bonds. The summed E-state index contributed by atoms with van der Waals surface area (Å²) in [5.74, 6) is 0.464. The molecule has 2 aromatic carbocycles. The van der Waals surface area contributed by atoms with Crippen molar-refractivity contribution in [3.05, 3.63) is 75.5 Å². The molecule has 0 aliphatic heterocycles. The lowest BCUT2D eigenvalue weighted by Gasteiger charge is -2.09. The van der Waals surface area contributed by atoms with Crippen LogP contribution in [0.4, 0.5) is 10.1 Å². The lowest BCUT2D eigenvalue weighted by atomic mass is 10.2. The first kappa shape index (κ1) is 15.8. The summed E-state index contributed by atoms with van der Waals surface area (Å²) in [5.41, 5.74) is 1.73. The largest absolute Gasteiger partial charge is 0.489 e. The molecule has 23 heavy (non-hydrogen) atoms. The fourth-order valence-electron chi connectivity index (χ4n) is 2.04. The van der Waals surface area contributed by atoms with Crippen LogP contribution in [-0.2, 0) is 13.2 Å². The van der Waals surface area contributed by atoms with Crippen LogP contribution in [0.15, 0.2) is 54.7 Å². The molecule has 0 unspecified atom stereocenters. The maximum absolute atomic E-state index is 13.1. The molecule has 0 radical (unpaired) electrons. The molecule has 0 spiro atoms. The molecule has 3 nitrogen and oxygen atoms in total. The second kappa shape index (κ2) is 7.44. The molecule has 0 fully saturated rings. The van der Waals surface area contributed by atoms with Crippen LogP contribution in [0.3, 0.4) is 0 Å². The summed E-state index contributed by atoms with van der Waals surface area (Å²) < 4.78 is 19.4. The van der Waals surface area contributed by atoms with Crippen LogP contribution in [0.5, 0.6) is 5.75 Å². The summed E-state index contributed by atoms with van der Waals surface area (Å²) in [4.78, 5) is 5.06. The Balaban J connectivity index is 1.58. The minimum Gasteiger partial charge on any atom is -0.489 e. The smallest absolute Gasteiger partial charge is 0.183 e. The molecule has 0 saturated carbocycles. The topological polar surface area (TPSA) is 34.1 Å². The monoisotopic (exact) mass is 348 g/mol. The summed E-state index contributed by atoms with van der Waals surface area (Å²) in [6.07, 6.45) is 1.75. The number of nitrogens with zero attached hydrogens (tertiary/aromatic N) is 1. The molecular weight excluding hydrogens is 335 g/mol. The van der Waals surface area contributed by atoms with E-state index in [1.807, 2.05) is 30.3 Å². The number of ether oxygens (including phenoxy) is 1. The Bertz CT molecular complexity index is 794. The number of hydrogen-bond acceptors (Lipinski definition) is 4. The molecule has 1 N–H and O–H groups in total. The second-order valence-electron chi connectivity index (χ2n) is 4.88. The number of thiazole rings is 1. The van der Waals surface area contributed by atoms with Crippen molar-refractivity contribution in [3.63, 3.8) is 0 Å². The third-order valence-electron chi connectivity index (χ3n) is 3.12. The normalized spacial score (nSPS) is 10.5. The first-order chi connectivity index (χ1) is 11.2. The van der Waals surface area contributed by atoms with Crippen molar-refractivity contribution >= 4 is 28.6 Å². The molecule has 1 heterocycles. The zero-order valence-electron chi connectivity index (χ0n) is 12.1. The average Bonchev–Trinajstić information content (AvgIpc) is 2.97. The quantitative estimate of drug-likeness (QED) is 0.670. The van der Waals surface area contributed by atoms with Crippen LogP contribution in [0.25, 0.3) is 0 Å². The summed E-state index contributed by atoms with van der Waals surface area (Å²) in [6, 6.07) is 14.0. The van der Waals surface area contributed by atoms with E-state index in [0.717, 1.165) is 21.9 Å². The van der Waals surface area contributed by atoms with E-state index in [4.69, 9.17) is 16.3 Å². The molecular formula is C17H14ClFN2OS. The lowest BCUT2D eigenvalue weighted by Crippen LogP contribution is -1.99. The molecule has 1 aromatic heterocycles. The molecule has 0 bridgehead atoms. The number of anilines is 1. The SMILES string of the molecule is Fc1cccc(COc2cccc(NCc3cnc(Cl)s3)c2)c1. The molecule has 3 aromatic rings. The van der Waals surface area contributed by atoms with Gasteiger partial charge in [0.25, 0.3) is 0 Å². The van der Waals surface area contributed by atoms with Gasteiger partial charge in [0.1, 0.15) is 18.2 Å². The number of hydrogen-bond donors (Lipinski definition) is 1. The van der Waals surface area contributed by atoms with Gasteiger partial charge in [-0.25, -0.2) is 9.37 Å². The van der Waals surface area contributed by atoms with Gasteiger partial charge in [0.2, 0.25) is 0 Å². The van der Waals surface area contributed by atoms with Gasteiger partial charge in [0.05, 0.1) is 6.54 Å². The molecule has 6 heteroatoms. The van der Waals surface area contributed by atoms with Gasteiger partial charge in [0, 0.05) is 22.8 Å². The fourth-order valence-corrected chi connectivity index (χ4v) is 2.96. The Labute approximate surface area is 142 Å². The Morgan fingerprint density at radius 3 is 2.83 bits per heavy atom. The van der Waals surface area contributed by atoms with Crippen LogP contribution in [0.1, 0.15) is 10.4 Å². The average molecular weight is 349 g/mol. The van der Waals surface area contributed by atoms with Crippen LogP contribution in [-0.4, -0.2) is 4.98 Å². The summed E-state index contributed by atoms with van der Waals surface area (Å²) in [6.45, 7) is 0.976. The molecule has 3 rings (SSSR count). The fraction of sp³-hybridized carbons (Fsp3) is 0.118. The highest BCUT2D eigenvalue weighted by Crippen LogP contribution is 2.22. The summed E-state index contributed by atoms with van der Waals surface area (Å²) in [5, 5.41) is 3.29. The Hall–Kier alpha value is -2.11. The number of benzene rings is 2. The van der Waals surface area contributed by atoms with Gasteiger partial charge >= 0.3 is 0 Å². The van der Waals surface area contributed by atoms with Gasteiger partial charge in [-0.2, -0.15) is 0 Å². The van der Waals surface area contributed by atoms with E-state index >= 15 is 0 Å². The van der Waals surface area contributed by atoms with Crippen LogP contribution < -0.4 is 10.1 Å². The van der Waals surface area contributed by atoms with E-state index in [0.29, 0.717) is 17.6 Å². The molecule has 118 valence electrons. The van der Waals surface area contributed by atoms with Gasteiger partial charge in [-0.3, -0.25) is 0 Å². The highest BCUT2D eigenvalue weighted by molar-refractivity contribution is 7.15. The van der Waals surface area contributed by atoms with Crippen LogP contribution in [0, 0.1) is 5.82 Å². The van der Waals surface area contributed by atoms with Crippen molar-refractivity contribution in [2.45, 2.75) is 13.2 Å². The second-order valence-corrected chi connectivity index (χ2v) is 6.58. The first-order valence-electron chi connectivity index (χ1n) is 7.00. The maximum Gasteiger partial charge on any atom is 0.183 e. The van der Waals surface area contributed by atoms with Gasteiger partial charge in [-0.1, -0.05) is 29.8 Å². The minimum atomic E-state index is -0.260. The van der Waals surface area contributed by atoms with Crippen molar-refractivity contribution in [1.29, 1.82) is 0 Å². The third-order valence-corrected chi connectivity index (χ3v) is 4.24. The molecule has 0 atom stereocenters. The van der Waals surface area contributed by atoms with Gasteiger partial charge < -0.3 is 10.1 Å². The van der Waals surface area contributed by atoms with E-state index in [1.54, 1.807) is 12.3 Å². The van der Waals surface area contributed by atoms with Gasteiger partial charge in [0.15, 0.2) is 4.47 Å². The summed E-state index contributed by atoms with van der Waals surface area (Å²) in [7, 11) is 0. The van der Waals surface area contributed by atoms with Crippen molar-refractivity contribution in [2.75, 3.05) is 5.32 Å². The van der Waals surface area contributed by atoms with Gasteiger partial charge in [-0.15, -0.1) is 11.3 Å². The number of aromatic nitrogens is 1. The highest BCUT2D eigenvalue weighted by Gasteiger charge is 2.02. The van der Waals surface area contributed by atoms with Gasteiger partial charge in [-0.05, 0) is 29.8 Å². The Kier molecular flexibility index (Phi) is 5.10. The van der Waals surface area contributed by atoms with E-state index < -0.39 is 0 Å². The van der Waals surface area contributed by atoms with Crippen molar-refractivity contribution in [1.82, 2.24) is 4.98 Å². The van der Waals surface area contributed by atoms with E-state index in [-0.39, 0.29) is 5.82 Å². The first-order valence-corrected chi connectivity index (χ1v) is 8.20. The standard InChI is InChI=1S/C17H14ClFN2OS/c18-17-21-10-16(23-17)9-20-14-5-2-6-15(8-14)22-11-12-3-1-4-13(19)7-12/h1-8,10,20H,9,11H2. The van der Waals surface area contributed by atoms with E-state index in [9.17, 15) is 4.39 Å².